The highest BCUT2D eigenvalue weighted by Crippen LogP contribution is 2.33. The summed E-state index contributed by atoms with van der Waals surface area (Å²) in [4.78, 5) is 34.1. The largest absolute Gasteiger partial charge is 0.362 e. The van der Waals surface area contributed by atoms with Gasteiger partial charge in [-0.2, -0.15) is 0 Å². The molecule has 0 radical (unpaired) electrons. The maximum atomic E-state index is 13.0. The van der Waals surface area contributed by atoms with E-state index in [2.05, 4.69) is 4.98 Å². The lowest BCUT2D eigenvalue weighted by atomic mass is 10.2. The van der Waals surface area contributed by atoms with Crippen molar-refractivity contribution in [3.05, 3.63) is 45.2 Å². The standard InChI is InChI=1S/C18H20N4O2S2/c1-11(2)10-22-17(24)13(26-18(22)25)9-12-15(20(3)4)19-14-7-5-6-8-21(14)16(12)23/h5-9,11H,10H2,1-4H3. The summed E-state index contributed by atoms with van der Waals surface area (Å²) in [5.74, 6) is 0.674. The van der Waals surface area contributed by atoms with E-state index in [4.69, 9.17) is 12.2 Å². The minimum atomic E-state index is -0.214. The Morgan fingerprint density at radius 2 is 2.04 bits per heavy atom. The highest BCUT2D eigenvalue weighted by atomic mass is 32.2. The third kappa shape index (κ3) is 3.39. The Kier molecular flexibility index (Phi) is 5.15. The van der Waals surface area contributed by atoms with Crippen molar-refractivity contribution in [2.24, 2.45) is 5.92 Å². The molecule has 0 saturated carbocycles. The quantitative estimate of drug-likeness (QED) is 0.593. The number of thioether (sulfide) groups is 1. The maximum absolute atomic E-state index is 13.0. The fourth-order valence-corrected chi connectivity index (χ4v) is 3.97. The Morgan fingerprint density at radius 3 is 2.69 bits per heavy atom. The van der Waals surface area contributed by atoms with Gasteiger partial charge in [0.05, 0.1) is 10.5 Å². The van der Waals surface area contributed by atoms with Crippen LogP contribution in [0.5, 0.6) is 0 Å². The van der Waals surface area contributed by atoms with Gasteiger partial charge >= 0.3 is 0 Å². The smallest absolute Gasteiger partial charge is 0.267 e. The molecule has 2 aromatic heterocycles. The Hall–Kier alpha value is -2.19. The average molecular weight is 389 g/mol. The highest BCUT2D eigenvalue weighted by molar-refractivity contribution is 8.26. The van der Waals surface area contributed by atoms with Crippen LogP contribution in [-0.2, 0) is 4.79 Å². The highest BCUT2D eigenvalue weighted by Gasteiger charge is 2.33. The lowest BCUT2D eigenvalue weighted by molar-refractivity contribution is -0.122. The van der Waals surface area contributed by atoms with Crippen molar-refractivity contribution in [2.75, 3.05) is 25.5 Å². The van der Waals surface area contributed by atoms with Crippen molar-refractivity contribution in [1.82, 2.24) is 14.3 Å². The van der Waals surface area contributed by atoms with Crippen molar-refractivity contribution in [3.8, 4) is 0 Å². The van der Waals surface area contributed by atoms with E-state index in [9.17, 15) is 9.59 Å². The lowest BCUT2D eigenvalue weighted by Crippen LogP contribution is -2.31. The number of amides is 1. The second kappa shape index (κ2) is 7.20. The number of rotatable bonds is 4. The number of anilines is 1. The van der Waals surface area contributed by atoms with Gasteiger partial charge in [-0.05, 0) is 24.1 Å². The summed E-state index contributed by atoms with van der Waals surface area (Å²) in [6.45, 7) is 4.63. The van der Waals surface area contributed by atoms with Gasteiger partial charge in [-0.1, -0.05) is 43.9 Å². The number of hydrogen-bond donors (Lipinski definition) is 0. The van der Waals surface area contributed by atoms with Crippen molar-refractivity contribution in [2.45, 2.75) is 13.8 Å². The molecule has 3 heterocycles. The molecular weight excluding hydrogens is 368 g/mol. The maximum Gasteiger partial charge on any atom is 0.267 e. The first-order chi connectivity index (χ1) is 12.3. The molecule has 3 rings (SSSR count). The van der Waals surface area contributed by atoms with E-state index < -0.39 is 0 Å². The van der Waals surface area contributed by atoms with Crippen molar-refractivity contribution < 1.29 is 4.79 Å². The first-order valence-corrected chi connectivity index (χ1v) is 9.46. The van der Waals surface area contributed by atoms with E-state index in [1.807, 2.05) is 34.0 Å². The van der Waals surface area contributed by atoms with Crippen molar-refractivity contribution >= 4 is 51.7 Å². The molecule has 0 unspecified atom stereocenters. The minimum Gasteiger partial charge on any atom is -0.362 e. The van der Waals surface area contributed by atoms with Crippen molar-refractivity contribution in [1.29, 1.82) is 0 Å². The zero-order valence-corrected chi connectivity index (χ0v) is 16.7. The van der Waals surface area contributed by atoms with Crippen LogP contribution in [0.15, 0.2) is 34.1 Å². The molecule has 26 heavy (non-hydrogen) atoms. The Bertz CT molecular complexity index is 979. The van der Waals surface area contributed by atoms with Crippen LogP contribution in [0.4, 0.5) is 5.82 Å². The van der Waals surface area contributed by atoms with E-state index in [0.717, 1.165) is 0 Å². The summed E-state index contributed by atoms with van der Waals surface area (Å²) in [5, 5.41) is 0. The normalized spacial score (nSPS) is 16.3. The van der Waals surface area contributed by atoms with Gasteiger partial charge in [0.1, 0.15) is 15.8 Å². The van der Waals surface area contributed by atoms with E-state index in [0.29, 0.717) is 38.7 Å². The molecule has 0 bridgehead atoms. The second-order valence-electron chi connectivity index (χ2n) is 6.66. The number of carbonyl (C=O) groups is 1. The number of thiocarbonyl (C=S) groups is 1. The number of aromatic nitrogens is 2. The average Bonchev–Trinajstić information content (AvgIpc) is 2.84. The van der Waals surface area contributed by atoms with Gasteiger partial charge in [-0.15, -0.1) is 0 Å². The minimum absolute atomic E-state index is 0.157. The lowest BCUT2D eigenvalue weighted by Gasteiger charge is -2.17. The Morgan fingerprint density at radius 1 is 1.31 bits per heavy atom. The van der Waals surface area contributed by atoms with Gasteiger partial charge in [0.15, 0.2) is 0 Å². The van der Waals surface area contributed by atoms with Crippen LogP contribution in [0.3, 0.4) is 0 Å². The van der Waals surface area contributed by atoms with Crippen LogP contribution >= 0.6 is 24.0 Å². The predicted octanol–water partition coefficient (Wildman–Crippen LogP) is 2.62. The van der Waals surface area contributed by atoms with Crippen molar-refractivity contribution in [3.63, 3.8) is 0 Å². The molecule has 0 aliphatic carbocycles. The van der Waals surface area contributed by atoms with Gasteiger partial charge in [0.25, 0.3) is 11.5 Å². The molecule has 2 aromatic rings. The molecule has 1 aliphatic heterocycles. The van der Waals surface area contributed by atoms with Gasteiger partial charge in [-0.25, -0.2) is 4.98 Å². The number of nitrogens with zero attached hydrogens (tertiary/aromatic N) is 4. The van der Waals surface area contributed by atoms with E-state index in [1.54, 1.807) is 34.2 Å². The summed E-state index contributed by atoms with van der Waals surface area (Å²) in [6, 6.07) is 5.38. The summed E-state index contributed by atoms with van der Waals surface area (Å²) in [7, 11) is 3.64. The number of hydrogen-bond acceptors (Lipinski definition) is 6. The fraction of sp³-hybridized carbons (Fsp3) is 0.333. The molecule has 1 fully saturated rings. The summed E-state index contributed by atoms with van der Waals surface area (Å²) in [5.41, 5.74) is 0.725. The van der Waals surface area contributed by atoms with Crippen LogP contribution in [0, 0.1) is 5.92 Å². The number of carbonyl (C=O) groups excluding carboxylic acids is 1. The van der Waals surface area contributed by atoms with Gasteiger partial charge in [-0.3, -0.25) is 18.9 Å². The first-order valence-electron chi connectivity index (χ1n) is 8.23. The van der Waals surface area contributed by atoms with E-state index >= 15 is 0 Å². The van der Waals surface area contributed by atoms with Crippen LogP contribution in [0.25, 0.3) is 11.7 Å². The van der Waals surface area contributed by atoms with Crippen LogP contribution in [0.1, 0.15) is 19.4 Å². The molecule has 0 aromatic carbocycles. The molecule has 1 aliphatic rings. The van der Waals surface area contributed by atoms with Gasteiger partial charge < -0.3 is 4.90 Å². The molecule has 0 N–H and O–H groups in total. The molecule has 0 spiro atoms. The van der Waals surface area contributed by atoms with Crippen LogP contribution in [0.2, 0.25) is 0 Å². The molecular formula is C18H20N4O2S2. The molecule has 8 heteroatoms. The predicted molar refractivity (Wildman–Crippen MR) is 111 cm³/mol. The molecule has 6 nitrogen and oxygen atoms in total. The molecule has 0 atom stereocenters. The summed E-state index contributed by atoms with van der Waals surface area (Å²) < 4.78 is 2.00. The van der Waals surface area contributed by atoms with E-state index in [1.165, 1.54) is 16.2 Å². The van der Waals surface area contributed by atoms with Gasteiger partial charge in [0, 0.05) is 26.8 Å². The molecule has 1 saturated heterocycles. The Labute approximate surface area is 161 Å². The van der Waals surface area contributed by atoms with E-state index in [-0.39, 0.29) is 11.5 Å². The SMILES string of the molecule is CC(C)CN1C(=O)C(=Cc2c(N(C)C)nc3ccccn3c2=O)SC1=S. The second-order valence-corrected chi connectivity index (χ2v) is 8.34. The molecule has 1 amide bonds. The summed E-state index contributed by atoms with van der Waals surface area (Å²) in [6.07, 6.45) is 3.29. The third-order valence-electron chi connectivity index (χ3n) is 3.87. The monoisotopic (exact) mass is 388 g/mol. The fourth-order valence-electron chi connectivity index (χ4n) is 2.71. The zero-order valence-electron chi connectivity index (χ0n) is 15.1. The third-order valence-corrected chi connectivity index (χ3v) is 5.25. The topological polar surface area (TPSA) is 57.9 Å². The number of fused-ring (bicyclic) bond motifs is 1. The molecule has 136 valence electrons. The Balaban J connectivity index is 2.14. The summed E-state index contributed by atoms with van der Waals surface area (Å²) >= 11 is 6.57. The number of pyridine rings is 1. The van der Waals surface area contributed by atoms with Gasteiger partial charge in [0.2, 0.25) is 0 Å². The van der Waals surface area contributed by atoms with Crippen LogP contribution < -0.4 is 10.5 Å². The zero-order chi connectivity index (χ0) is 19.0. The van der Waals surface area contributed by atoms with Crippen LogP contribution in [-0.4, -0.2) is 45.2 Å². The first kappa shape index (κ1) is 18.6.